The third-order valence-electron chi connectivity index (χ3n) is 3.58. The van der Waals surface area contributed by atoms with Crippen LogP contribution >= 0.6 is 11.8 Å². The molecule has 2 N–H and O–H groups in total. The Bertz CT molecular complexity index is 443. The van der Waals surface area contributed by atoms with Crippen molar-refractivity contribution in [3.63, 3.8) is 0 Å². The van der Waals surface area contributed by atoms with Gasteiger partial charge in [-0.25, -0.2) is 8.78 Å². The Morgan fingerprint density at radius 2 is 2.26 bits per heavy atom. The van der Waals surface area contributed by atoms with Gasteiger partial charge in [-0.3, -0.25) is 0 Å². The van der Waals surface area contributed by atoms with Crippen molar-refractivity contribution in [2.45, 2.75) is 29.9 Å². The zero-order valence-corrected chi connectivity index (χ0v) is 11.8. The van der Waals surface area contributed by atoms with Gasteiger partial charge in [-0.15, -0.1) is 11.8 Å². The van der Waals surface area contributed by atoms with Crippen molar-refractivity contribution in [3.05, 3.63) is 29.3 Å². The van der Waals surface area contributed by atoms with E-state index in [-0.39, 0.29) is 0 Å². The average Bonchev–Trinajstić information content (AvgIpc) is 2.91. The van der Waals surface area contributed by atoms with E-state index >= 15 is 0 Å². The molecule has 0 saturated carbocycles. The number of benzene rings is 1. The Balaban J connectivity index is 2.34. The summed E-state index contributed by atoms with van der Waals surface area (Å²) in [4.78, 5) is 1.07. The van der Waals surface area contributed by atoms with E-state index in [0.717, 1.165) is 17.1 Å². The molecule has 0 aliphatic carbocycles. The van der Waals surface area contributed by atoms with E-state index < -0.39 is 25.0 Å². The van der Waals surface area contributed by atoms with E-state index in [4.69, 9.17) is 0 Å². The predicted molar refractivity (Wildman–Crippen MR) is 74.2 cm³/mol. The summed E-state index contributed by atoms with van der Waals surface area (Å²) in [6.45, 7) is 0.479. The van der Waals surface area contributed by atoms with Crippen molar-refractivity contribution >= 4 is 11.8 Å². The Labute approximate surface area is 116 Å². The molecular formula is C14H19F2NOS. The second kappa shape index (κ2) is 6.20. The van der Waals surface area contributed by atoms with Gasteiger partial charge in [-0.1, -0.05) is 19.1 Å². The highest BCUT2D eigenvalue weighted by Crippen LogP contribution is 2.36. The fraction of sp³-hybridized carbons (Fsp3) is 0.571. The van der Waals surface area contributed by atoms with Gasteiger partial charge in [0.1, 0.15) is 19.0 Å². The third kappa shape index (κ3) is 2.78. The first-order chi connectivity index (χ1) is 9.15. The topological polar surface area (TPSA) is 32.3 Å². The smallest absolute Gasteiger partial charge is 0.136 e. The molecule has 1 aliphatic heterocycles. The first-order valence-corrected chi connectivity index (χ1v) is 7.48. The molecule has 2 atom stereocenters. The summed E-state index contributed by atoms with van der Waals surface area (Å²) in [6, 6.07) is 4.50. The normalized spacial score (nSPS) is 18.9. The van der Waals surface area contributed by atoms with Crippen LogP contribution in [-0.4, -0.2) is 36.8 Å². The summed E-state index contributed by atoms with van der Waals surface area (Å²) >= 11 is 1.69. The Morgan fingerprint density at radius 1 is 1.47 bits per heavy atom. The number of hydrogen-bond donors (Lipinski definition) is 2. The molecule has 0 radical (unpaired) electrons. The van der Waals surface area contributed by atoms with Crippen LogP contribution < -0.4 is 5.32 Å². The molecule has 2 rings (SSSR count). The quantitative estimate of drug-likeness (QED) is 0.843. The Kier molecular flexibility index (Phi) is 4.81. The fourth-order valence-corrected chi connectivity index (χ4v) is 3.51. The van der Waals surface area contributed by atoms with Crippen molar-refractivity contribution in [1.82, 2.24) is 5.32 Å². The minimum atomic E-state index is -1.80. The first-order valence-electron chi connectivity index (χ1n) is 6.49. The lowest BCUT2D eigenvalue weighted by Crippen LogP contribution is -2.51. The third-order valence-corrected chi connectivity index (χ3v) is 4.68. The minimum absolute atomic E-state index is 0.451. The van der Waals surface area contributed by atoms with E-state index in [1.54, 1.807) is 30.8 Å². The van der Waals surface area contributed by atoms with Crippen molar-refractivity contribution in [2.75, 3.05) is 25.6 Å². The molecule has 2 nitrogen and oxygen atoms in total. The molecule has 0 fully saturated rings. The summed E-state index contributed by atoms with van der Waals surface area (Å²) in [7, 11) is 0. The second-order valence-corrected chi connectivity index (χ2v) is 5.88. The zero-order valence-electron chi connectivity index (χ0n) is 11.0. The Morgan fingerprint density at radius 3 is 2.89 bits per heavy atom. The molecule has 106 valence electrons. The molecule has 0 aromatic heterocycles. The van der Waals surface area contributed by atoms with Crippen molar-refractivity contribution < 1.29 is 13.9 Å². The number of alkyl halides is 2. The molecule has 0 saturated heterocycles. The van der Waals surface area contributed by atoms with Crippen molar-refractivity contribution in [3.8, 4) is 0 Å². The summed E-state index contributed by atoms with van der Waals surface area (Å²) in [6.07, 6.45) is 0.994. The van der Waals surface area contributed by atoms with Crippen LogP contribution in [0.3, 0.4) is 0 Å². The maximum absolute atomic E-state index is 13.4. The van der Waals surface area contributed by atoms with Gasteiger partial charge in [0.05, 0.1) is 6.04 Å². The number of rotatable bonds is 6. The van der Waals surface area contributed by atoms with Crippen molar-refractivity contribution in [2.24, 2.45) is 0 Å². The maximum Gasteiger partial charge on any atom is 0.136 e. The van der Waals surface area contributed by atoms with Gasteiger partial charge in [0.15, 0.2) is 0 Å². The largest absolute Gasteiger partial charge is 0.381 e. The molecule has 0 bridgehead atoms. The first kappa shape index (κ1) is 14.8. The highest BCUT2D eigenvalue weighted by molar-refractivity contribution is 7.99. The molecule has 1 aromatic rings. The van der Waals surface area contributed by atoms with Crippen LogP contribution in [0.15, 0.2) is 23.1 Å². The van der Waals surface area contributed by atoms with Gasteiger partial charge in [0.2, 0.25) is 0 Å². The van der Waals surface area contributed by atoms with Gasteiger partial charge >= 0.3 is 0 Å². The number of fused-ring (bicyclic) bond motifs is 1. The van der Waals surface area contributed by atoms with Crippen LogP contribution in [0.2, 0.25) is 0 Å². The number of halogens is 2. The summed E-state index contributed by atoms with van der Waals surface area (Å²) < 4.78 is 26.5. The van der Waals surface area contributed by atoms with Crippen molar-refractivity contribution in [1.29, 1.82) is 0 Å². The van der Waals surface area contributed by atoms with Gasteiger partial charge in [-0.2, -0.15) is 0 Å². The fourth-order valence-electron chi connectivity index (χ4n) is 2.40. The highest BCUT2D eigenvalue weighted by Gasteiger charge is 2.39. The number of aliphatic hydroxyl groups is 1. The average molecular weight is 287 g/mol. The minimum Gasteiger partial charge on any atom is -0.381 e. The maximum atomic E-state index is 13.4. The summed E-state index contributed by atoms with van der Waals surface area (Å²) in [5.41, 5.74) is -0.134. The molecule has 2 unspecified atom stereocenters. The van der Waals surface area contributed by atoms with E-state index in [9.17, 15) is 13.9 Å². The van der Waals surface area contributed by atoms with Crippen LogP contribution in [0.25, 0.3) is 0 Å². The van der Waals surface area contributed by atoms with E-state index in [0.29, 0.717) is 12.1 Å². The molecule has 19 heavy (non-hydrogen) atoms. The molecule has 5 heteroatoms. The monoisotopic (exact) mass is 287 g/mol. The van der Waals surface area contributed by atoms with Crippen LogP contribution in [0.4, 0.5) is 8.78 Å². The van der Waals surface area contributed by atoms with Crippen LogP contribution in [-0.2, 0) is 12.0 Å². The number of likely N-dealkylation sites (N-methyl/N-ethyl adjacent to an activating group) is 1. The lowest BCUT2D eigenvalue weighted by Gasteiger charge is -2.33. The zero-order chi connectivity index (χ0) is 13.9. The number of aryl methyl sites for hydroxylation is 1. The molecule has 1 aliphatic rings. The van der Waals surface area contributed by atoms with Gasteiger partial charge in [0, 0.05) is 10.6 Å². The lowest BCUT2D eigenvalue weighted by atomic mass is 9.87. The SMILES string of the molecule is CCNC(CF)C(O)(CF)c1ccc2c(c1)SCC2. The van der Waals surface area contributed by atoms with E-state index in [2.05, 4.69) is 5.32 Å². The Hall–Kier alpha value is -0.650. The number of hydrogen-bond acceptors (Lipinski definition) is 3. The highest BCUT2D eigenvalue weighted by atomic mass is 32.2. The summed E-state index contributed by atoms with van der Waals surface area (Å²) in [5, 5.41) is 13.3. The standard InChI is InChI=1S/C14H19F2NOS/c1-2-17-13(8-15)14(18,9-16)11-4-3-10-5-6-19-12(10)7-11/h3-4,7,13,17-18H,2,5-6,8-9H2,1H3. The van der Waals surface area contributed by atoms with E-state index in [1.165, 1.54) is 5.56 Å². The van der Waals surface area contributed by atoms with Crippen LogP contribution in [0.5, 0.6) is 0 Å². The van der Waals surface area contributed by atoms with Crippen LogP contribution in [0.1, 0.15) is 18.1 Å². The molecule has 1 aromatic carbocycles. The van der Waals surface area contributed by atoms with Gasteiger partial charge in [-0.05, 0) is 30.2 Å². The molecule has 0 amide bonds. The molecule has 0 spiro atoms. The molecular weight excluding hydrogens is 268 g/mol. The second-order valence-electron chi connectivity index (χ2n) is 4.74. The van der Waals surface area contributed by atoms with Gasteiger partial charge in [0.25, 0.3) is 0 Å². The van der Waals surface area contributed by atoms with Crippen LogP contribution in [0, 0.1) is 0 Å². The molecule has 1 heterocycles. The van der Waals surface area contributed by atoms with Gasteiger partial charge < -0.3 is 10.4 Å². The number of nitrogens with one attached hydrogen (secondary N) is 1. The lowest BCUT2D eigenvalue weighted by molar-refractivity contribution is -0.0314. The number of thioether (sulfide) groups is 1. The van der Waals surface area contributed by atoms with E-state index in [1.807, 2.05) is 6.07 Å². The summed E-state index contributed by atoms with van der Waals surface area (Å²) in [5.74, 6) is 1.01. The predicted octanol–water partition coefficient (Wildman–Crippen LogP) is 2.44.